The van der Waals surface area contributed by atoms with Crippen molar-refractivity contribution in [3.8, 4) is 0 Å². The van der Waals surface area contributed by atoms with Crippen molar-refractivity contribution < 1.29 is 0 Å². The molecule has 21 heavy (non-hydrogen) atoms. The number of anilines is 2. The molecule has 0 radical (unpaired) electrons. The number of hydrogen-bond acceptors (Lipinski definition) is 3. The smallest absolute Gasteiger partial charge is 0.274 e. The second-order valence-electron chi connectivity index (χ2n) is 5.58. The molecule has 2 heterocycles. The van der Waals surface area contributed by atoms with Crippen LogP contribution in [0.15, 0.2) is 39.7 Å². The van der Waals surface area contributed by atoms with Gasteiger partial charge in [-0.25, -0.2) is 0 Å². The molecule has 0 saturated heterocycles. The van der Waals surface area contributed by atoms with E-state index in [9.17, 15) is 4.79 Å². The fourth-order valence-corrected chi connectivity index (χ4v) is 3.22. The van der Waals surface area contributed by atoms with E-state index in [0.717, 1.165) is 29.7 Å². The number of halogens is 1. The molecule has 1 aliphatic heterocycles. The number of nitrogens with zero attached hydrogens (tertiary/aromatic N) is 2. The molecule has 1 aliphatic rings. The van der Waals surface area contributed by atoms with Crippen LogP contribution in [0.4, 0.5) is 11.4 Å². The Morgan fingerprint density at radius 2 is 2.00 bits per heavy atom. The van der Waals surface area contributed by atoms with Crippen LogP contribution in [0, 0.1) is 0 Å². The fraction of sp³-hybridized carbons (Fsp3) is 0.312. The van der Waals surface area contributed by atoms with Crippen LogP contribution in [0.3, 0.4) is 0 Å². The van der Waals surface area contributed by atoms with Gasteiger partial charge in [-0.2, -0.15) is 0 Å². The van der Waals surface area contributed by atoms with E-state index in [1.807, 2.05) is 12.1 Å². The molecular formula is C16H18BrN3O. The molecule has 0 aliphatic carbocycles. The van der Waals surface area contributed by atoms with E-state index in [-0.39, 0.29) is 5.56 Å². The Labute approximate surface area is 132 Å². The summed E-state index contributed by atoms with van der Waals surface area (Å²) in [7, 11) is 3.89. The highest BCUT2D eigenvalue weighted by Crippen LogP contribution is 2.24. The van der Waals surface area contributed by atoms with E-state index in [1.165, 1.54) is 11.1 Å². The zero-order chi connectivity index (χ0) is 15.0. The third kappa shape index (κ3) is 3.04. The van der Waals surface area contributed by atoms with E-state index in [4.69, 9.17) is 0 Å². The predicted molar refractivity (Wildman–Crippen MR) is 89.1 cm³/mol. The Morgan fingerprint density at radius 1 is 1.19 bits per heavy atom. The molecule has 4 nitrogen and oxygen atoms in total. The van der Waals surface area contributed by atoms with Gasteiger partial charge in [-0.3, -0.25) is 4.79 Å². The van der Waals surface area contributed by atoms with Crippen molar-refractivity contribution in [1.82, 2.24) is 9.47 Å². The number of hydrogen-bond donors (Lipinski definition) is 1. The lowest BCUT2D eigenvalue weighted by Gasteiger charge is -2.25. The summed E-state index contributed by atoms with van der Waals surface area (Å²) < 4.78 is 2.45. The average Bonchev–Trinajstić information content (AvgIpc) is 2.44. The minimum Gasteiger partial charge on any atom is -0.351 e. The van der Waals surface area contributed by atoms with Gasteiger partial charge in [0.15, 0.2) is 0 Å². The summed E-state index contributed by atoms with van der Waals surface area (Å²) in [5.41, 5.74) is 4.25. The molecule has 0 atom stereocenters. The summed E-state index contributed by atoms with van der Waals surface area (Å²) >= 11 is 3.42. The quantitative estimate of drug-likeness (QED) is 0.907. The van der Waals surface area contributed by atoms with Gasteiger partial charge in [-0.1, -0.05) is 6.07 Å². The third-order valence-electron chi connectivity index (χ3n) is 3.84. The van der Waals surface area contributed by atoms with Crippen LogP contribution in [-0.2, 0) is 20.0 Å². The van der Waals surface area contributed by atoms with E-state index >= 15 is 0 Å². The summed E-state index contributed by atoms with van der Waals surface area (Å²) in [5, 5.41) is 3.24. The van der Waals surface area contributed by atoms with E-state index < -0.39 is 0 Å². The Kier molecular flexibility index (Phi) is 3.87. The fourth-order valence-electron chi connectivity index (χ4n) is 2.69. The molecule has 5 heteroatoms. The van der Waals surface area contributed by atoms with Crippen LogP contribution < -0.4 is 10.9 Å². The van der Waals surface area contributed by atoms with Gasteiger partial charge in [0.05, 0.1) is 0 Å². The highest BCUT2D eigenvalue weighted by molar-refractivity contribution is 9.10. The SMILES string of the molecule is CN1CCc2cc(Nc3cc(Br)cn(C)c3=O)ccc2C1. The summed E-state index contributed by atoms with van der Waals surface area (Å²) in [5.74, 6) is 0. The standard InChI is InChI=1S/C16H18BrN3O/c1-19-6-5-11-7-14(4-3-12(11)9-19)18-15-8-13(17)10-20(2)16(15)21/h3-4,7-8,10,18H,5-6,9H2,1-2H3. The topological polar surface area (TPSA) is 37.3 Å². The molecule has 0 spiro atoms. The molecule has 0 unspecified atom stereocenters. The van der Waals surface area contributed by atoms with Crippen LogP contribution in [0.1, 0.15) is 11.1 Å². The van der Waals surface area contributed by atoms with Crippen molar-refractivity contribution in [1.29, 1.82) is 0 Å². The number of aromatic nitrogens is 1. The second kappa shape index (κ2) is 5.66. The number of pyridine rings is 1. The van der Waals surface area contributed by atoms with Gasteiger partial charge in [0.25, 0.3) is 5.56 Å². The summed E-state index contributed by atoms with van der Waals surface area (Å²) in [6, 6.07) is 8.16. The summed E-state index contributed by atoms with van der Waals surface area (Å²) in [6.07, 6.45) is 2.81. The molecule has 0 bridgehead atoms. The first-order valence-corrected chi connectivity index (χ1v) is 7.76. The minimum absolute atomic E-state index is 0.0318. The van der Waals surface area contributed by atoms with Crippen molar-refractivity contribution in [2.45, 2.75) is 13.0 Å². The molecule has 2 aromatic rings. The molecule has 3 rings (SSSR count). The van der Waals surface area contributed by atoms with Crippen LogP contribution in [-0.4, -0.2) is 23.1 Å². The lowest BCUT2D eigenvalue weighted by atomic mass is 9.99. The monoisotopic (exact) mass is 347 g/mol. The molecular weight excluding hydrogens is 330 g/mol. The molecule has 110 valence electrons. The van der Waals surface area contributed by atoms with Crippen molar-refractivity contribution in [3.05, 3.63) is 56.4 Å². The van der Waals surface area contributed by atoms with Gasteiger partial charge in [-0.15, -0.1) is 0 Å². The van der Waals surface area contributed by atoms with Crippen molar-refractivity contribution in [2.24, 2.45) is 7.05 Å². The van der Waals surface area contributed by atoms with Crippen LogP contribution in [0.25, 0.3) is 0 Å². The predicted octanol–water partition coefficient (Wildman–Crippen LogP) is 2.88. The van der Waals surface area contributed by atoms with Gasteiger partial charge in [0.2, 0.25) is 0 Å². The largest absolute Gasteiger partial charge is 0.351 e. The lowest BCUT2D eigenvalue weighted by Crippen LogP contribution is -2.26. The Morgan fingerprint density at radius 3 is 2.81 bits per heavy atom. The van der Waals surface area contributed by atoms with Crippen LogP contribution in [0.2, 0.25) is 0 Å². The van der Waals surface area contributed by atoms with Gasteiger partial charge in [-0.05, 0) is 58.7 Å². The maximum atomic E-state index is 12.1. The van der Waals surface area contributed by atoms with Crippen LogP contribution >= 0.6 is 15.9 Å². The number of benzene rings is 1. The Bertz CT molecular complexity index is 739. The first-order chi connectivity index (χ1) is 10.0. The van der Waals surface area contributed by atoms with E-state index in [0.29, 0.717) is 5.69 Å². The molecule has 1 N–H and O–H groups in total. The Hall–Kier alpha value is -1.59. The van der Waals surface area contributed by atoms with Crippen molar-refractivity contribution >= 4 is 27.3 Å². The molecule has 1 aromatic carbocycles. The highest BCUT2D eigenvalue weighted by Gasteiger charge is 2.13. The Balaban J connectivity index is 1.91. The van der Waals surface area contributed by atoms with Crippen LogP contribution in [0.5, 0.6) is 0 Å². The zero-order valence-electron chi connectivity index (χ0n) is 12.2. The van der Waals surface area contributed by atoms with E-state index in [1.54, 1.807) is 17.8 Å². The number of fused-ring (bicyclic) bond motifs is 1. The van der Waals surface area contributed by atoms with Gasteiger partial charge in [0.1, 0.15) is 5.69 Å². The lowest BCUT2D eigenvalue weighted by molar-refractivity contribution is 0.313. The molecule has 0 fully saturated rings. The molecule has 0 saturated carbocycles. The number of likely N-dealkylation sites (N-methyl/N-ethyl adjacent to an activating group) is 1. The molecule has 0 amide bonds. The summed E-state index contributed by atoms with van der Waals surface area (Å²) in [6.45, 7) is 2.07. The maximum absolute atomic E-state index is 12.1. The number of nitrogens with one attached hydrogen (secondary N) is 1. The zero-order valence-corrected chi connectivity index (χ0v) is 13.8. The average molecular weight is 348 g/mol. The number of aryl methyl sites for hydroxylation is 1. The third-order valence-corrected chi connectivity index (χ3v) is 4.27. The highest BCUT2D eigenvalue weighted by atomic mass is 79.9. The minimum atomic E-state index is -0.0318. The van der Waals surface area contributed by atoms with Gasteiger partial charge >= 0.3 is 0 Å². The second-order valence-corrected chi connectivity index (χ2v) is 6.50. The van der Waals surface area contributed by atoms with Gasteiger partial charge < -0.3 is 14.8 Å². The molecule has 1 aromatic heterocycles. The number of rotatable bonds is 2. The normalized spacial score (nSPS) is 14.8. The van der Waals surface area contributed by atoms with Crippen molar-refractivity contribution in [2.75, 3.05) is 18.9 Å². The van der Waals surface area contributed by atoms with E-state index in [2.05, 4.69) is 45.3 Å². The first-order valence-electron chi connectivity index (χ1n) is 6.96. The summed E-state index contributed by atoms with van der Waals surface area (Å²) in [4.78, 5) is 14.4. The van der Waals surface area contributed by atoms with Crippen molar-refractivity contribution in [3.63, 3.8) is 0 Å². The van der Waals surface area contributed by atoms with Gasteiger partial charge in [0, 0.05) is 36.5 Å². The first kappa shape index (κ1) is 14.4. The maximum Gasteiger partial charge on any atom is 0.274 e.